The quantitative estimate of drug-likeness (QED) is 0.786. The Morgan fingerprint density at radius 1 is 1.18 bits per heavy atom. The van der Waals surface area contributed by atoms with Crippen LogP contribution in [-0.2, 0) is 10.0 Å². The van der Waals surface area contributed by atoms with Crippen molar-refractivity contribution in [2.45, 2.75) is 38.1 Å². The smallest absolute Gasteiger partial charge is 0.251 e. The summed E-state index contributed by atoms with van der Waals surface area (Å²) in [5.74, 6) is -0.276. The van der Waals surface area contributed by atoms with Crippen LogP contribution in [0.15, 0.2) is 29.2 Å². The van der Waals surface area contributed by atoms with Gasteiger partial charge in [-0.2, -0.15) is 4.31 Å². The van der Waals surface area contributed by atoms with Gasteiger partial charge in [0.05, 0.1) is 4.90 Å². The predicted molar refractivity (Wildman–Crippen MR) is 87.1 cm³/mol. The van der Waals surface area contributed by atoms with Gasteiger partial charge in [-0.1, -0.05) is 13.8 Å². The molecule has 6 nitrogen and oxygen atoms in total. The molecule has 0 fully saturated rings. The van der Waals surface area contributed by atoms with Gasteiger partial charge in [0.25, 0.3) is 5.91 Å². The molecule has 0 heterocycles. The van der Waals surface area contributed by atoms with Crippen molar-refractivity contribution in [3.63, 3.8) is 0 Å². The second-order valence-electron chi connectivity index (χ2n) is 5.66. The summed E-state index contributed by atoms with van der Waals surface area (Å²) < 4.78 is 26.1. The molecule has 0 aliphatic rings. The van der Waals surface area contributed by atoms with E-state index in [-0.39, 0.29) is 10.8 Å². The summed E-state index contributed by atoms with van der Waals surface area (Å²) >= 11 is 0. The molecule has 0 aromatic heterocycles. The molecular formula is C15H25N3O3S. The number of rotatable bonds is 7. The van der Waals surface area contributed by atoms with E-state index in [1.807, 2.05) is 13.8 Å². The van der Waals surface area contributed by atoms with Gasteiger partial charge in [0.1, 0.15) is 0 Å². The molecule has 22 heavy (non-hydrogen) atoms. The number of carbonyl (C=O) groups excluding carboxylic acids is 1. The highest BCUT2D eigenvalue weighted by Gasteiger charge is 2.23. The van der Waals surface area contributed by atoms with E-state index in [2.05, 4.69) is 5.32 Å². The number of sulfonamides is 1. The van der Waals surface area contributed by atoms with Crippen LogP contribution < -0.4 is 11.1 Å². The summed E-state index contributed by atoms with van der Waals surface area (Å²) in [6.07, 6.45) is 0. The highest BCUT2D eigenvalue weighted by Crippen LogP contribution is 2.16. The van der Waals surface area contributed by atoms with Gasteiger partial charge in [-0.05, 0) is 38.1 Å². The first-order chi connectivity index (χ1) is 10.2. The molecule has 0 saturated heterocycles. The molecule has 0 unspecified atom stereocenters. The predicted octanol–water partition coefficient (Wildman–Crippen LogP) is 1.18. The van der Waals surface area contributed by atoms with Crippen molar-refractivity contribution in [2.24, 2.45) is 5.73 Å². The molecule has 0 radical (unpaired) electrons. The van der Waals surface area contributed by atoms with Crippen LogP contribution in [0.4, 0.5) is 0 Å². The molecular weight excluding hydrogens is 302 g/mol. The first-order valence-electron chi connectivity index (χ1n) is 7.30. The van der Waals surface area contributed by atoms with Gasteiger partial charge in [-0.3, -0.25) is 4.79 Å². The molecule has 0 aliphatic heterocycles. The molecule has 3 N–H and O–H groups in total. The Labute approximate surface area is 132 Å². The minimum Gasteiger partial charge on any atom is -0.346 e. The number of benzene rings is 1. The standard InChI is InChI=1S/C15H25N3O3S/c1-5-18(6-2)22(20,21)13-9-7-12(8-10-13)14(19)17-15(3,4)11-16/h7-10H,5-6,11,16H2,1-4H3,(H,17,19). The Bertz CT molecular complexity index is 605. The Balaban J connectivity index is 2.98. The van der Waals surface area contributed by atoms with Crippen LogP contribution in [0, 0.1) is 0 Å². The highest BCUT2D eigenvalue weighted by molar-refractivity contribution is 7.89. The van der Waals surface area contributed by atoms with Crippen LogP contribution in [0.5, 0.6) is 0 Å². The minimum atomic E-state index is -3.50. The van der Waals surface area contributed by atoms with E-state index < -0.39 is 15.6 Å². The van der Waals surface area contributed by atoms with Crippen molar-refractivity contribution in [2.75, 3.05) is 19.6 Å². The van der Waals surface area contributed by atoms with Crippen molar-refractivity contribution in [3.05, 3.63) is 29.8 Å². The van der Waals surface area contributed by atoms with Crippen LogP contribution >= 0.6 is 0 Å². The number of nitrogens with one attached hydrogen (secondary N) is 1. The molecule has 1 amide bonds. The van der Waals surface area contributed by atoms with Gasteiger partial charge in [0.15, 0.2) is 0 Å². The van der Waals surface area contributed by atoms with E-state index in [9.17, 15) is 13.2 Å². The average molecular weight is 327 g/mol. The third-order valence-electron chi connectivity index (χ3n) is 3.42. The molecule has 1 rings (SSSR count). The molecule has 0 aliphatic carbocycles. The second kappa shape index (κ2) is 7.21. The van der Waals surface area contributed by atoms with Crippen molar-refractivity contribution in [3.8, 4) is 0 Å². The molecule has 0 saturated carbocycles. The third-order valence-corrected chi connectivity index (χ3v) is 5.49. The molecule has 7 heteroatoms. The zero-order chi connectivity index (χ0) is 17.0. The Hall–Kier alpha value is -1.44. The lowest BCUT2D eigenvalue weighted by atomic mass is 10.1. The number of hydrogen-bond acceptors (Lipinski definition) is 4. The van der Waals surface area contributed by atoms with Crippen LogP contribution in [0.1, 0.15) is 38.1 Å². The van der Waals surface area contributed by atoms with E-state index in [0.29, 0.717) is 25.2 Å². The topological polar surface area (TPSA) is 92.5 Å². The van der Waals surface area contributed by atoms with Crippen LogP contribution in [0.25, 0.3) is 0 Å². The lowest BCUT2D eigenvalue weighted by molar-refractivity contribution is 0.0915. The Morgan fingerprint density at radius 3 is 2.09 bits per heavy atom. The SMILES string of the molecule is CCN(CC)S(=O)(=O)c1ccc(C(=O)NC(C)(C)CN)cc1. The van der Waals surface area contributed by atoms with Crippen LogP contribution in [0.2, 0.25) is 0 Å². The van der Waals surface area contributed by atoms with Gasteiger partial charge in [0.2, 0.25) is 10.0 Å². The number of carbonyl (C=O) groups is 1. The number of amides is 1. The summed E-state index contributed by atoms with van der Waals surface area (Å²) in [5.41, 5.74) is 5.47. The zero-order valence-electron chi connectivity index (χ0n) is 13.6. The van der Waals surface area contributed by atoms with E-state index in [0.717, 1.165) is 0 Å². The maximum atomic E-state index is 12.4. The lowest BCUT2D eigenvalue weighted by Crippen LogP contribution is -2.48. The fourth-order valence-electron chi connectivity index (χ4n) is 1.92. The summed E-state index contributed by atoms with van der Waals surface area (Å²) in [7, 11) is -3.50. The fourth-order valence-corrected chi connectivity index (χ4v) is 3.38. The zero-order valence-corrected chi connectivity index (χ0v) is 14.4. The van der Waals surface area contributed by atoms with E-state index >= 15 is 0 Å². The number of nitrogens with zero attached hydrogens (tertiary/aromatic N) is 1. The summed E-state index contributed by atoms with van der Waals surface area (Å²) in [6.45, 7) is 8.36. The van der Waals surface area contributed by atoms with Gasteiger partial charge >= 0.3 is 0 Å². The maximum Gasteiger partial charge on any atom is 0.251 e. The third kappa shape index (κ3) is 4.28. The largest absolute Gasteiger partial charge is 0.346 e. The normalized spacial score (nSPS) is 12.5. The van der Waals surface area contributed by atoms with Gasteiger partial charge < -0.3 is 11.1 Å². The Morgan fingerprint density at radius 2 is 1.68 bits per heavy atom. The summed E-state index contributed by atoms with van der Waals surface area (Å²) in [5, 5.41) is 2.80. The summed E-state index contributed by atoms with van der Waals surface area (Å²) in [4.78, 5) is 12.3. The van der Waals surface area contributed by atoms with Crippen molar-refractivity contribution >= 4 is 15.9 Å². The van der Waals surface area contributed by atoms with Crippen molar-refractivity contribution < 1.29 is 13.2 Å². The summed E-state index contributed by atoms with van der Waals surface area (Å²) in [6, 6.07) is 5.94. The molecule has 124 valence electrons. The number of nitrogens with two attached hydrogens (primary N) is 1. The molecule has 0 spiro atoms. The lowest BCUT2D eigenvalue weighted by Gasteiger charge is -2.24. The van der Waals surface area contributed by atoms with E-state index in [1.165, 1.54) is 28.6 Å². The monoisotopic (exact) mass is 327 g/mol. The maximum absolute atomic E-state index is 12.4. The van der Waals surface area contributed by atoms with Gasteiger partial charge in [-0.15, -0.1) is 0 Å². The van der Waals surface area contributed by atoms with Gasteiger partial charge in [-0.25, -0.2) is 8.42 Å². The fraction of sp³-hybridized carbons (Fsp3) is 0.533. The molecule has 0 bridgehead atoms. The highest BCUT2D eigenvalue weighted by atomic mass is 32.2. The van der Waals surface area contributed by atoms with Crippen LogP contribution in [-0.4, -0.2) is 43.8 Å². The molecule has 1 aromatic carbocycles. The Kier molecular flexibility index (Phi) is 6.10. The van der Waals surface area contributed by atoms with Gasteiger partial charge in [0, 0.05) is 30.7 Å². The molecule has 1 aromatic rings. The average Bonchev–Trinajstić information content (AvgIpc) is 2.48. The van der Waals surface area contributed by atoms with Crippen molar-refractivity contribution in [1.82, 2.24) is 9.62 Å². The number of hydrogen-bond donors (Lipinski definition) is 2. The first-order valence-corrected chi connectivity index (χ1v) is 8.74. The van der Waals surface area contributed by atoms with E-state index in [4.69, 9.17) is 5.73 Å². The van der Waals surface area contributed by atoms with Crippen LogP contribution in [0.3, 0.4) is 0 Å². The second-order valence-corrected chi connectivity index (χ2v) is 7.59. The van der Waals surface area contributed by atoms with E-state index in [1.54, 1.807) is 13.8 Å². The first kappa shape index (κ1) is 18.6. The minimum absolute atomic E-state index is 0.186. The van der Waals surface area contributed by atoms with Crippen molar-refractivity contribution in [1.29, 1.82) is 0 Å². The molecule has 0 atom stereocenters.